The molecule has 1 unspecified atom stereocenters. The third-order valence-electron chi connectivity index (χ3n) is 2.38. The molecular weight excluding hydrogens is 208 g/mol. The number of aromatic carboxylic acids is 1. The lowest BCUT2D eigenvalue weighted by Crippen LogP contribution is -2.05. The van der Waals surface area contributed by atoms with Crippen LogP contribution in [0.25, 0.3) is 0 Å². The highest BCUT2D eigenvalue weighted by Gasteiger charge is 2.21. The lowest BCUT2D eigenvalue weighted by molar-refractivity contribution is 0.0680. The highest BCUT2D eigenvalue weighted by molar-refractivity contribution is 5.82. The Hall–Kier alpha value is -1.39. The maximum atomic E-state index is 10.6. The van der Waals surface area contributed by atoms with Crippen molar-refractivity contribution in [2.24, 2.45) is 5.92 Å². The van der Waals surface area contributed by atoms with Crippen LogP contribution in [-0.2, 0) is 0 Å². The highest BCUT2D eigenvalue weighted by atomic mass is 16.5. The van der Waals surface area contributed by atoms with Crippen LogP contribution in [0, 0.1) is 5.92 Å². The lowest BCUT2D eigenvalue weighted by Gasteiger charge is -2.13. The van der Waals surface area contributed by atoms with Crippen LogP contribution >= 0.6 is 0 Å². The molecule has 0 radical (unpaired) electrons. The van der Waals surface area contributed by atoms with Gasteiger partial charge in [-0.15, -0.1) is 0 Å². The number of hydrogen-bond donors (Lipinski definition) is 1. The maximum Gasteiger partial charge on any atom is 0.377 e. The molecule has 0 aliphatic carbocycles. The minimum atomic E-state index is -1.14. The molecule has 1 aromatic heterocycles. The van der Waals surface area contributed by atoms with Gasteiger partial charge < -0.3 is 9.63 Å². The molecule has 0 aromatic carbocycles. The van der Waals surface area contributed by atoms with Crippen molar-refractivity contribution in [3.63, 3.8) is 0 Å². The Balaban J connectivity index is 2.79. The van der Waals surface area contributed by atoms with Gasteiger partial charge in [0.25, 0.3) is 5.82 Å². The molecule has 0 aliphatic rings. The van der Waals surface area contributed by atoms with E-state index < -0.39 is 5.97 Å². The average Bonchev–Trinajstić information content (AvgIpc) is 2.65. The van der Waals surface area contributed by atoms with E-state index in [1.807, 2.05) is 0 Å². The van der Waals surface area contributed by atoms with E-state index in [-0.39, 0.29) is 11.7 Å². The van der Waals surface area contributed by atoms with Gasteiger partial charge in [-0.25, -0.2) is 4.79 Å². The zero-order valence-corrected chi connectivity index (χ0v) is 9.93. The standard InChI is InChI=1S/C11H18N2O3/c1-4-5-8(6-7(2)3)10-12-9(11(14)15)13-16-10/h7-8H,4-6H2,1-3H3,(H,14,15). The SMILES string of the molecule is CCCC(CC(C)C)c1nc(C(=O)O)no1. The predicted octanol–water partition coefficient (Wildman–Crippen LogP) is 2.70. The number of carbonyl (C=O) groups is 1. The normalized spacial score (nSPS) is 13.0. The van der Waals surface area contributed by atoms with E-state index >= 15 is 0 Å². The number of hydrogen-bond acceptors (Lipinski definition) is 4. The average molecular weight is 226 g/mol. The van der Waals surface area contributed by atoms with Crippen molar-refractivity contribution in [2.75, 3.05) is 0 Å². The van der Waals surface area contributed by atoms with E-state index in [1.165, 1.54) is 0 Å². The van der Waals surface area contributed by atoms with Crippen LogP contribution < -0.4 is 0 Å². The van der Waals surface area contributed by atoms with Gasteiger partial charge in [-0.2, -0.15) is 4.98 Å². The molecule has 16 heavy (non-hydrogen) atoms. The number of carboxylic acid groups (broad SMARTS) is 1. The first-order valence-electron chi connectivity index (χ1n) is 5.61. The maximum absolute atomic E-state index is 10.6. The Labute approximate surface area is 94.9 Å². The molecule has 5 heteroatoms. The molecule has 0 saturated heterocycles. The molecule has 90 valence electrons. The molecule has 0 spiro atoms. The fraction of sp³-hybridized carbons (Fsp3) is 0.727. The van der Waals surface area contributed by atoms with Crippen LogP contribution in [0.4, 0.5) is 0 Å². The Morgan fingerprint density at radius 3 is 2.62 bits per heavy atom. The molecule has 1 aromatic rings. The molecule has 5 nitrogen and oxygen atoms in total. The summed E-state index contributed by atoms with van der Waals surface area (Å²) in [7, 11) is 0. The Kier molecular flexibility index (Phi) is 4.46. The summed E-state index contributed by atoms with van der Waals surface area (Å²) in [4.78, 5) is 14.5. The second kappa shape index (κ2) is 5.63. The predicted molar refractivity (Wildman–Crippen MR) is 58.4 cm³/mol. The zero-order valence-electron chi connectivity index (χ0n) is 9.93. The summed E-state index contributed by atoms with van der Waals surface area (Å²) < 4.78 is 5.00. The third-order valence-corrected chi connectivity index (χ3v) is 2.38. The molecule has 1 heterocycles. The van der Waals surface area contributed by atoms with Crippen molar-refractivity contribution in [3.8, 4) is 0 Å². The minimum Gasteiger partial charge on any atom is -0.475 e. The first kappa shape index (κ1) is 12.7. The molecule has 1 N–H and O–H groups in total. The quantitative estimate of drug-likeness (QED) is 0.807. The minimum absolute atomic E-state index is 0.172. The van der Waals surface area contributed by atoms with Crippen LogP contribution in [0.15, 0.2) is 4.52 Å². The second-order valence-corrected chi connectivity index (χ2v) is 4.38. The monoisotopic (exact) mass is 226 g/mol. The number of nitrogens with zero attached hydrogens (tertiary/aromatic N) is 2. The fourth-order valence-corrected chi connectivity index (χ4v) is 1.75. The molecule has 0 bridgehead atoms. The van der Waals surface area contributed by atoms with Crippen LogP contribution in [0.2, 0.25) is 0 Å². The van der Waals surface area contributed by atoms with Crippen molar-refractivity contribution in [1.82, 2.24) is 10.1 Å². The van der Waals surface area contributed by atoms with Gasteiger partial charge in [-0.05, 0) is 23.9 Å². The van der Waals surface area contributed by atoms with Gasteiger partial charge in [0.15, 0.2) is 0 Å². The van der Waals surface area contributed by atoms with Gasteiger partial charge in [0.1, 0.15) is 0 Å². The first-order chi connectivity index (χ1) is 7.54. The third kappa shape index (κ3) is 3.32. The van der Waals surface area contributed by atoms with Crippen molar-refractivity contribution in [2.45, 2.75) is 46.0 Å². The number of rotatable bonds is 6. The molecule has 0 amide bonds. The molecule has 1 atom stereocenters. The van der Waals surface area contributed by atoms with E-state index in [9.17, 15) is 4.79 Å². The van der Waals surface area contributed by atoms with Gasteiger partial charge >= 0.3 is 5.97 Å². The van der Waals surface area contributed by atoms with E-state index in [1.54, 1.807) is 0 Å². The smallest absolute Gasteiger partial charge is 0.377 e. The van der Waals surface area contributed by atoms with Gasteiger partial charge in [0.2, 0.25) is 5.89 Å². The molecule has 0 fully saturated rings. The van der Waals surface area contributed by atoms with Gasteiger partial charge in [-0.1, -0.05) is 27.2 Å². The Morgan fingerprint density at radius 1 is 1.50 bits per heavy atom. The molecular formula is C11H18N2O3. The fourth-order valence-electron chi connectivity index (χ4n) is 1.75. The van der Waals surface area contributed by atoms with Crippen LogP contribution in [-0.4, -0.2) is 21.2 Å². The van der Waals surface area contributed by atoms with E-state index in [0.29, 0.717) is 11.8 Å². The van der Waals surface area contributed by atoms with Gasteiger partial charge in [0.05, 0.1) is 0 Å². The van der Waals surface area contributed by atoms with Crippen molar-refractivity contribution in [3.05, 3.63) is 11.7 Å². The lowest BCUT2D eigenvalue weighted by atomic mass is 9.93. The first-order valence-corrected chi connectivity index (χ1v) is 5.61. The summed E-state index contributed by atoms with van der Waals surface area (Å²) >= 11 is 0. The van der Waals surface area contributed by atoms with E-state index in [2.05, 4.69) is 30.9 Å². The van der Waals surface area contributed by atoms with Crippen LogP contribution in [0.5, 0.6) is 0 Å². The summed E-state index contributed by atoms with van der Waals surface area (Å²) in [6.45, 7) is 6.33. The summed E-state index contributed by atoms with van der Waals surface area (Å²) in [5.74, 6) is -0.245. The highest BCUT2D eigenvalue weighted by Crippen LogP contribution is 2.26. The molecule has 1 rings (SSSR count). The number of aromatic nitrogens is 2. The Bertz CT molecular complexity index is 347. The Morgan fingerprint density at radius 2 is 2.19 bits per heavy atom. The summed E-state index contributed by atoms with van der Waals surface area (Å²) in [5.41, 5.74) is 0. The summed E-state index contributed by atoms with van der Waals surface area (Å²) in [6.07, 6.45) is 2.90. The topological polar surface area (TPSA) is 76.2 Å². The number of carboxylic acids is 1. The van der Waals surface area contributed by atoms with Crippen molar-refractivity contribution < 1.29 is 14.4 Å². The van der Waals surface area contributed by atoms with E-state index in [4.69, 9.17) is 9.63 Å². The van der Waals surface area contributed by atoms with Crippen LogP contribution in [0.1, 0.15) is 62.5 Å². The zero-order chi connectivity index (χ0) is 12.1. The van der Waals surface area contributed by atoms with Crippen molar-refractivity contribution in [1.29, 1.82) is 0 Å². The van der Waals surface area contributed by atoms with Gasteiger partial charge in [-0.3, -0.25) is 0 Å². The second-order valence-electron chi connectivity index (χ2n) is 4.38. The van der Waals surface area contributed by atoms with Crippen molar-refractivity contribution >= 4 is 5.97 Å². The molecule has 0 aliphatic heterocycles. The van der Waals surface area contributed by atoms with Gasteiger partial charge in [0, 0.05) is 5.92 Å². The summed E-state index contributed by atoms with van der Waals surface area (Å²) in [5, 5.41) is 12.1. The molecule has 0 saturated carbocycles. The van der Waals surface area contributed by atoms with E-state index in [0.717, 1.165) is 19.3 Å². The summed E-state index contributed by atoms with van der Waals surface area (Å²) in [6, 6.07) is 0. The largest absolute Gasteiger partial charge is 0.475 e. The van der Waals surface area contributed by atoms with Crippen LogP contribution in [0.3, 0.4) is 0 Å².